The summed E-state index contributed by atoms with van der Waals surface area (Å²) in [6.07, 6.45) is 0. The largest absolute Gasteiger partial charge is 0.435 e. The molecule has 0 aromatic heterocycles. The number of hydrogen-bond donors (Lipinski definition) is 0. The SMILES string of the molecule is CCOP(=O)(OCC)N(CC)c1ccccc1. The Kier molecular flexibility index (Phi) is 5.69. The standard InChI is InChI=1S/C12H20NO3P/c1-4-13(12-10-8-7-9-11-12)17(14,15-5-2)16-6-3/h7-11H,4-6H2,1-3H3. The second kappa shape index (κ2) is 6.80. The zero-order chi connectivity index (χ0) is 12.7. The van der Waals surface area contributed by atoms with E-state index in [1.165, 1.54) is 0 Å². The van der Waals surface area contributed by atoms with E-state index >= 15 is 0 Å². The van der Waals surface area contributed by atoms with E-state index in [0.717, 1.165) is 5.69 Å². The van der Waals surface area contributed by atoms with Gasteiger partial charge in [-0.15, -0.1) is 0 Å². The van der Waals surface area contributed by atoms with Crippen molar-refractivity contribution in [3.8, 4) is 0 Å². The Balaban J connectivity index is 3.01. The van der Waals surface area contributed by atoms with Crippen LogP contribution in [0.1, 0.15) is 20.8 Å². The van der Waals surface area contributed by atoms with Crippen LogP contribution in [0.3, 0.4) is 0 Å². The van der Waals surface area contributed by atoms with Gasteiger partial charge in [0.1, 0.15) is 0 Å². The fourth-order valence-electron chi connectivity index (χ4n) is 1.60. The Morgan fingerprint density at radius 1 is 1.06 bits per heavy atom. The Labute approximate surface area is 103 Å². The van der Waals surface area contributed by atoms with Crippen LogP contribution in [0.5, 0.6) is 0 Å². The summed E-state index contributed by atoms with van der Waals surface area (Å²) in [5.41, 5.74) is 0.847. The molecule has 0 aliphatic carbocycles. The van der Waals surface area contributed by atoms with Crippen LogP contribution >= 0.6 is 7.75 Å². The lowest BCUT2D eigenvalue weighted by atomic mass is 10.3. The first-order valence-corrected chi connectivity index (χ1v) is 7.39. The van der Waals surface area contributed by atoms with Gasteiger partial charge in [0.2, 0.25) is 0 Å². The molecule has 96 valence electrons. The summed E-state index contributed by atoms with van der Waals surface area (Å²) < 4.78 is 25.0. The van der Waals surface area contributed by atoms with Crippen molar-refractivity contribution >= 4 is 13.4 Å². The minimum atomic E-state index is -3.22. The molecular formula is C12H20NO3P. The Bertz CT molecular complexity index is 359. The zero-order valence-electron chi connectivity index (χ0n) is 10.6. The lowest BCUT2D eigenvalue weighted by Gasteiger charge is -2.30. The molecule has 0 bridgehead atoms. The van der Waals surface area contributed by atoms with E-state index < -0.39 is 7.75 Å². The molecule has 0 unspecified atom stereocenters. The third-order valence-corrected chi connectivity index (χ3v) is 4.51. The molecule has 0 heterocycles. The average Bonchev–Trinajstić information content (AvgIpc) is 2.31. The molecule has 1 aromatic carbocycles. The van der Waals surface area contributed by atoms with Crippen LogP contribution in [0.2, 0.25) is 0 Å². The molecule has 1 rings (SSSR count). The maximum Gasteiger partial charge on any atom is 0.435 e. The number of hydrogen-bond acceptors (Lipinski definition) is 3. The van der Waals surface area contributed by atoms with E-state index in [9.17, 15) is 4.57 Å². The minimum absolute atomic E-state index is 0.362. The molecule has 1 aromatic rings. The number of benzene rings is 1. The highest BCUT2D eigenvalue weighted by Crippen LogP contribution is 2.53. The summed E-state index contributed by atoms with van der Waals surface area (Å²) in [7, 11) is -3.22. The van der Waals surface area contributed by atoms with E-state index in [1.54, 1.807) is 4.67 Å². The quantitative estimate of drug-likeness (QED) is 0.698. The van der Waals surface area contributed by atoms with Crippen LogP contribution in [0.4, 0.5) is 5.69 Å². The molecule has 0 fully saturated rings. The van der Waals surface area contributed by atoms with Gasteiger partial charge in [0.15, 0.2) is 0 Å². The van der Waals surface area contributed by atoms with E-state index in [4.69, 9.17) is 9.05 Å². The second-order valence-corrected chi connectivity index (χ2v) is 5.29. The smallest absolute Gasteiger partial charge is 0.292 e. The molecule has 5 heteroatoms. The molecule has 0 amide bonds. The van der Waals surface area contributed by atoms with Crippen LogP contribution < -0.4 is 4.67 Å². The monoisotopic (exact) mass is 257 g/mol. The number of rotatable bonds is 7. The van der Waals surface area contributed by atoms with Gasteiger partial charge < -0.3 is 0 Å². The maximum absolute atomic E-state index is 12.6. The van der Waals surface area contributed by atoms with E-state index in [1.807, 2.05) is 51.1 Å². The highest BCUT2D eigenvalue weighted by molar-refractivity contribution is 7.55. The molecule has 0 radical (unpaired) electrons. The van der Waals surface area contributed by atoms with Crippen molar-refractivity contribution in [3.05, 3.63) is 30.3 Å². The molecular weight excluding hydrogens is 237 g/mol. The van der Waals surface area contributed by atoms with Crippen LogP contribution in [0.15, 0.2) is 30.3 Å². The average molecular weight is 257 g/mol. The fourth-order valence-corrected chi connectivity index (χ4v) is 3.37. The highest BCUT2D eigenvalue weighted by atomic mass is 31.2. The number of para-hydroxylation sites is 1. The summed E-state index contributed by atoms with van der Waals surface area (Å²) >= 11 is 0. The van der Waals surface area contributed by atoms with Crippen molar-refractivity contribution in [2.24, 2.45) is 0 Å². The fraction of sp³-hybridized carbons (Fsp3) is 0.500. The molecule has 0 saturated heterocycles. The van der Waals surface area contributed by atoms with Crippen LogP contribution in [0.25, 0.3) is 0 Å². The number of anilines is 1. The number of nitrogens with zero attached hydrogens (tertiary/aromatic N) is 1. The van der Waals surface area contributed by atoms with Gasteiger partial charge in [0, 0.05) is 12.2 Å². The van der Waals surface area contributed by atoms with Crippen molar-refractivity contribution in [3.63, 3.8) is 0 Å². The molecule has 4 nitrogen and oxygen atoms in total. The first-order valence-electron chi connectivity index (χ1n) is 5.90. The Morgan fingerprint density at radius 3 is 2.00 bits per heavy atom. The molecule has 0 spiro atoms. The van der Waals surface area contributed by atoms with Gasteiger partial charge in [0.05, 0.1) is 13.2 Å². The van der Waals surface area contributed by atoms with Crippen molar-refractivity contribution < 1.29 is 13.6 Å². The van der Waals surface area contributed by atoms with Gasteiger partial charge >= 0.3 is 7.75 Å². The van der Waals surface area contributed by atoms with E-state index in [2.05, 4.69) is 0 Å². The first-order chi connectivity index (χ1) is 8.18. The molecule has 0 saturated carbocycles. The van der Waals surface area contributed by atoms with Gasteiger partial charge in [-0.3, -0.25) is 13.7 Å². The van der Waals surface area contributed by atoms with E-state index in [0.29, 0.717) is 19.8 Å². The summed E-state index contributed by atoms with van der Waals surface area (Å²) in [6.45, 7) is 6.84. The van der Waals surface area contributed by atoms with Gasteiger partial charge in [-0.2, -0.15) is 0 Å². The predicted molar refractivity (Wildman–Crippen MR) is 70.3 cm³/mol. The van der Waals surface area contributed by atoms with Crippen molar-refractivity contribution in [2.45, 2.75) is 20.8 Å². The van der Waals surface area contributed by atoms with E-state index in [-0.39, 0.29) is 0 Å². The van der Waals surface area contributed by atoms with Crippen molar-refractivity contribution in [2.75, 3.05) is 24.4 Å². The van der Waals surface area contributed by atoms with Crippen LogP contribution in [-0.2, 0) is 13.6 Å². The molecule has 0 N–H and O–H groups in total. The van der Waals surface area contributed by atoms with Gasteiger partial charge in [-0.1, -0.05) is 18.2 Å². The topological polar surface area (TPSA) is 38.8 Å². The second-order valence-electron chi connectivity index (χ2n) is 3.36. The van der Waals surface area contributed by atoms with Gasteiger partial charge in [-0.25, -0.2) is 4.57 Å². The first kappa shape index (κ1) is 14.2. The molecule has 17 heavy (non-hydrogen) atoms. The van der Waals surface area contributed by atoms with Gasteiger partial charge in [-0.05, 0) is 32.9 Å². The lowest BCUT2D eigenvalue weighted by Crippen LogP contribution is -2.22. The third kappa shape index (κ3) is 3.56. The third-order valence-electron chi connectivity index (χ3n) is 2.23. The zero-order valence-corrected chi connectivity index (χ0v) is 11.5. The molecule has 0 atom stereocenters. The minimum Gasteiger partial charge on any atom is -0.292 e. The van der Waals surface area contributed by atoms with Crippen LogP contribution in [0, 0.1) is 0 Å². The lowest BCUT2D eigenvalue weighted by molar-refractivity contribution is 0.218. The summed E-state index contributed by atoms with van der Waals surface area (Å²) in [6, 6.07) is 9.52. The normalized spacial score (nSPS) is 11.5. The van der Waals surface area contributed by atoms with Gasteiger partial charge in [0.25, 0.3) is 0 Å². The summed E-state index contributed by atoms with van der Waals surface area (Å²) in [4.78, 5) is 0. The maximum atomic E-state index is 12.6. The molecule has 0 aliphatic rings. The summed E-state index contributed by atoms with van der Waals surface area (Å²) in [5, 5.41) is 0. The predicted octanol–water partition coefficient (Wildman–Crippen LogP) is 3.69. The van der Waals surface area contributed by atoms with Crippen LogP contribution in [-0.4, -0.2) is 19.8 Å². The molecule has 0 aliphatic heterocycles. The Morgan fingerprint density at radius 2 is 1.59 bits per heavy atom. The van der Waals surface area contributed by atoms with Crippen molar-refractivity contribution in [1.82, 2.24) is 0 Å². The Hall–Kier alpha value is -0.830. The summed E-state index contributed by atoms with van der Waals surface area (Å²) in [5.74, 6) is 0. The van der Waals surface area contributed by atoms with Crippen molar-refractivity contribution in [1.29, 1.82) is 0 Å². The highest BCUT2D eigenvalue weighted by Gasteiger charge is 2.32.